The molecule has 250 valence electrons. The Labute approximate surface area is 278 Å². The minimum absolute atomic E-state index is 0.0302. The van der Waals surface area contributed by atoms with Crippen LogP contribution in [-0.4, -0.2) is 73.2 Å². The van der Waals surface area contributed by atoms with Crippen LogP contribution in [-0.2, 0) is 11.3 Å². The Hall–Kier alpha value is -5.76. The molecular formula is C35H30F3N7O4. The zero-order valence-corrected chi connectivity index (χ0v) is 26.2. The minimum Gasteiger partial charge on any atom is -0.484 e. The summed E-state index contributed by atoms with van der Waals surface area (Å²) in [7, 11) is 0. The van der Waals surface area contributed by atoms with Gasteiger partial charge in [-0.05, 0) is 41.3 Å². The molecule has 0 saturated carbocycles. The fourth-order valence-electron chi connectivity index (χ4n) is 5.74. The molecule has 11 nitrogen and oxygen atoms in total. The summed E-state index contributed by atoms with van der Waals surface area (Å²) in [5, 5.41) is 4.97. The van der Waals surface area contributed by atoms with Crippen molar-refractivity contribution < 1.29 is 32.0 Å². The van der Waals surface area contributed by atoms with Crippen molar-refractivity contribution in [1.29, 1.82) is 0 Å². The Balaban J connectivity index is 1.02. The average molecular weight is 670 g/mol. The molecule has 1 atom stereocenters. The Bertz CT molecular complexity index is 2050. The molecule has 3 aromatic heterocycles. The number of fused-ring (bicyclic) bond motifs is 1. The smallest absolute Gasteiger partial charge is 0.422 e. The molecule has 1 N–H and O–H groups in total. The van der Waals surface area contributed by atoms with Crippen molar-refractivity contribution in [2.75, 3.05) is 26.2 Å². The molecule has 1 amide bonds. The van der Waals surface area contributed by atoms with Gasteiger partial charge in [-0.2, -0.15) is 18.2 Å². The average Bonchev–Trinajstić information content (AvgIpc) is 3.76. The number of H-pyrrole nitrogens is 1. The minimum atomic E-state index is -4.39. The number of hydrogen-bond donors (Lipinski definition) is 1. The number of alkyl halides is 3. The van der Waals surface area contributed by atoms with Gasteiger partial charge in [-0.15, -0.1) is 0 Å². The lowest BCUT2D eigenvalue weighted by molar-refractivity contribution is -0.153. The van der Waals surface area contributed by atoms with Gasteiger partial charge < -0.3 is 23.9 Å². The summed E-state index contributed by atoms with van der Waals surface area (Å²) in [6.45, 7) is 2.55. The van der Waals surface area contributed by atoms with Crippen molar-refractivity contribution in [2.45, 2.75) is 25.7 Å². The maximum atomic E-state index is 12.6. The van der Waals surface area contributed by atoms with Gasteiger partial charge in [-0.25, -0.2) is 9.97 Å². The molecule has 1 saturated heterocycles. The molecule has 0 spiro atoms. The van der Waals surface area contributed by atoms with Gasteiger partial charge in [0.2, 0.25) is 17.6 Å². The number of piperazine rings is 1. The molecule has 0 bridgehead atoms. The molecule has 0 aliphatic carbocycles. The summed E-state index contributed by atoms with van der Waals surface area (Å²) in [5.41, 5.74) is 3.87. The Morgan fingerprint density at radius 2 is 1.78 bits per heavy atom. The van der Waals surface area contributed by atoms with Crippen LogP contribution in [0.4, 0.5) is 13.2 Å². The van der Waals surface area contributed by atoms with Crippen LogP contribution < -0.4 is 9.47 Å². The largest absolute Gasteiger partial charge is 0.484 e. The van der Waals surface area contributed by atoms with Crippen LogP contribution in [0.2, 0.25) is 0 Å². The number of aromatic amines is 1. The zero-order valence-electron chi connectivity index (χ0n) is 26.2. The highest BCUT2D eigenvalue weighted by molar-refractivity contribution is 5.82. The number of halogens is 3. The third-order valence-corrected chi connectivity index (χ3v) is 8.10. The number of nitrogens with zero attached hydrogens (tertiary/aromatic N) is 6. The van der Waals surface area contributed by atoms with Gasteiger partial charge in [-0.3, -0.25) is 9.69 Å². The van der Waals surface area contributed by atoms with Gasteiger partial charge in [0.1, 0.15) is 17.2 Å². The Morgan fingerprint density at radius 1 is 0.980 bits per heavy atom. The molecule has 6 aromatic rings. The van der Waals surface area contributed by atoms with Gasteiger partial charge in [0.25, 0.3) is 5.89 Å². The Kier molecular flexibility index (Phi) is 8.70. The number of nitrogens with one attached hydrogen (secondary N) is 1. The van der Waals surface area contributed by atoms with Crippen molar-refractivity contribution in [3.63, 3.8) is 0 Å². The van der Waals surface area contributed by atoms with Crippen LogP contribution in [0, 0.1) is 0 Å². The van der Waals surface area contributed by atoms with E-state index in [2.05, 4.69) is 30.0 Å². The van der Waals surface area contributed by atoms with Crippen molar-refractivity contribution >= 4 is 16.8 Å². The van der Waals surface area contributed by atoms with Crippen LogP contribution in [0.25, 0.3) is 33.9 Å². The highest BCUT2D eigenvalue weighted by atomic mass is 19.4. The number of aromatic nitrogens is 5. The van der Waals surface area contributed by atoms with Gasteiger partial charge in [-0.1, -0.05) is 47.6 Å². The van der Waals surface area contributed by atoms with E-state index in [1.54, 1.807) is 19.1 Å². The number of carbonyl (C=O) groups excluding carboxylic acids is 1. The zero-order chi connectivity index (χ0) is 34.0. The molecule has 1 fully saturated rings. The molecule has 0 radical (unpaired) electrons. The van der Waals surface area contributed by atoms with Gasteiger partial charge in [0.15, 0.2) is 6.61 Å². The molecular weight excluding hydrogens is 639 g/mol. The SMILES string of the molecule is CC(=O)N1CCN(Cc2ccc(OCC(F)(F)F)cc2)CC1c1cc2ccc(Oc3cnc(-c4nc(-c5ccccc5)no4)cn3)cc2[nH]1. The second-order valence-corrected chi connectivity index (χ2v) is 11.6. The first-order valence-electron chi connectivity index (χ1n) is 15.5. The lowest BCUT2D eigenvalue weighted by atomic mass is 10.1. The third kappa shape index (κ3) is 7.54. The summed E-state index contributed by atoms with van der Waals surface area (Å²) >= 11 is 0. The topological polar surface area (TPSA) is 122 Å². The predicted octanol–water partition coefficient (Wildman–Crippen LogP) is 6.81. The maximum Gasteiger partial charge on any atom is 0.422 e. The highest BCUT2D eigenvalue weighted by Gasteiger charge is 2.31. The van der Waals surface area contributed by atoms with E-state index in [1.807, 2.05) is 59.5 Å². The molecule has 3 aromatic carbocycles. The fourth-order valence-corrected chi connectivity index (χ4v) is 5.74. The van der Waals surface area contributed by atoms with Crippen LogP contribution >= 0.6 is 0 Å². The van der Waals surface area contributed by atoms with Crippen molar-refractivity contribution in [2.24, 2.45) is 0 Å². The summed E-state index contributed by atoms with van der Waals surface area (Å²) in [4.78, 5) is 33.3. The van der Waals surface area contributed by atoms with Crippen LogP contribution in [0.5, 0.6) is 17.4 Å². The number of carbonyl (C=O) groups is 1. The summed E-state index contributed by atoms with van der Waals surface area (Å²) < 4.78 is 53.7. The van der Waals surface area contributed by atoms with E-state index in [4.69, 9.17) is 14.0 Å². The van der Waals surface area contributed by atoms with E-state index < -0.39 is 12.8 Å². The second kappa shape index (κ2) is 13.4. The lowest BCUT2D eigenvalue weighted by Gasteiger charge is -2.40. The van der Waals surface area contributed by atoms with E-state index >= 15 is 0 Å². The molecule has 1 aliphatic rings. The normalized spacial score (nSPS) is 15.4. The quantitative estimate of drug-likeness (QED) is 0.177. The number of benzene rings is 3. The van der Waals surface area contributed by atoms with Gasteiger partial charge in [0, 0.05) is 55.9 Å². The molecule has 7 rings (SSSR count). The van der Waals surface area contributed by atoms with Crippen molar-refractivity contribution in [3.05, 3.63) is 103 Å². The summed E-state index contributed by atoms with van der Waals surface area (Å²) in [6, 6.07) is 23.5. The number of ether oxygens (including phenoxy) is 2. The van der Waals surface area contributed by atoms with E-state index in [1.165, 1.54) is 24.5 Å². The first-order valence-corrected chi connectivity index (χ1v) is 15.5. The third-order valence-electron chi connectivity index (χ3n) is 8.10. The molecule has 1 aliphatic heterocycles. The van der Waals surface area contributed by atoms with E-state index in [0.29, 0.717) is 43.4 Å². The first kappa shape index (κ1) is 31.8. The molecule has 4 heterocycles. The van der Waals surface area contributed by atoms with Crippen LogP contribution in [0.3, 0.4) is 0 Å². The van der Waals surface area contributed by atoms with Crippen LogP contribution in [0.15, 0.2) is 95.8 Å². The first-order chi connectivity index (χ1) is 23.7. The molecule has 14 heteroatoms. The second-order valence-electron chi connectivity index (χ2n) is 11.6. The summed E-state index contributed by atoms with van der Waals surface area (Å²) in [5.74, 6) is 1.65. The molecule has 49 heavy (non-hydrogen) atoms. The predicted molar refractivity (Wildman–Crippen MR) is 173 cm³/mol. The number of rotatable bonds is 9. The van der Waals surface area contributed by atoms with E-state index in [0.717, 1.165) is 27.7 Å². The monoisotopic (exact) mass is 669 g/mol. The maximum absolute atomic E-state index is 12.6. The standard InChI is InChI=1S/C35H30F3N7O4/c1-22(46)45-14-13-44(19-23-7-10-26(11-8-23)47-21-35(36,37)38)20-31(45)29-15-25-9-12-27(16-28(25)41-29)48-32-18-39-30(17-40-32)34-42-33(43-49-34)24-5-3-2-4-6-24/h2-12,15-18,31,41H,13-14,19-21H2,1H3. The number of amides is 1. The van der Waals surface area contributed by atoms with Crippen molar-refractivity contribution in [3.8, 4) is 40.4 Å². The van der Waals surface area contributed by atoms with E-state index in [-0.39, 0.29) is 29.5 Å². The summed E-state index contributed by atoms with van der Waals surface area (Å²) in [6.07, 6.45) is -1.41. The van der Waals surface area contributed by atoms with Gasteiger partial charge >= 0.3 is 6.18 Å². The molecule has 1 unspecified atom stereocenters. The van der Waals surface area contributed by atoms with Crippen molar-refractivity contribution in [1.82, 2.24) is 34.9 Å². The highest BCUT2D eigenvalue weighted by Crippen LogP contribution is 2.32. The lowest BCUT2D eigenvalue weighted by Crippen LogP contribution is -2.49. The fraction of sp³-hybridized carbons (Fsp3) is 0.229. The van der Waals surface area contributed by atoms with E-state index in [9.17, 15) is 18.0 Å². The van der Waals surface area contributed by atoms with Crippen LogP contribution in [0.1, 0.15) is 24.2 Å². The van der Waals surface area contributed by atoms with Gasteiger partial charge in [0.05, 0.1) is 18.4 Å². The number of hydrogen-bond acceptors (Lipinski definition) is 9. The Morgan fingerprint density at radius 3 is 2.51 bits per heavy atom.